The van der Waals surface area contributed by atoms with Gasteiger partial charge in [0.1, 0.15) is 10.7 Å². The topological polar surface area (TPSA) is 66.4 Å². The van der Waals surface area contributed by atoms with Gasteiger partial charge in [-0.25, -0.2) is 26.3 Å². The van der Waals surface area contributed by atoms with Crippen molar-refractivity contribution in [1.82, 2.24) is 4.72 Å². The van der Waals surface area contributed by atoms with Crippen LogP contribution in [0.4, 0.5) is 13.2 Å². The molecule has 0 fully saturated rings. The van der Waals surface area contributed by atoms with Crippen molar-refractivity contribution in [2.24, 2.45) is 5.92 Å². The molecule has 0 saturated carbocycles. The first-order valence-corrected chi connectivity index (χ1v) is 7.45. The number of hydrogen-bond acceptors (Lipinski definition) is 3. The fourth-order valence-electron chi connectivity index (χ4n) is 1.64. The van der Waals surface area contributed by atoms with Crippen molar-refractivity contribution < 1.29 is 26.7 Å². The molecule has 1 rings (SSSR count). The minimum absolute atomic E-state index is 0.127. The lowest BCUT2D eigenvalue weighted by molar-refractivity contribution is 0.255. The molecule has 1 aromatic carbocycles. The van der Waals surface area contributed by atoms with Gasteiger partial charge in [0.25, 0.3) is 0 Å². The Morgan fingerprint density at radius 2 is 1.70 bits per heavy atom. The zero-order chi connectivity index (χ0) is 15.5. The second-order valence-electron chi connectivity index (χ2n) is 4.68. The van der Waals surface area contributed by atoms with Crippen molar-refractivity contribution in [3.63, 3.8) is 0 Å². The van der Waals surface area contributed by atoms with Gasteiger partial charge in [0.15, 0.2) is 11.6 Å². The molecule has 20 heavy (non-hydrogen) atoms. The van der Waals surface area contributed by atoms with Gasteiger partial charge >= 0.3 is 0 Å². The van der Waals surface area contributed by atoms with Gasteiger partial charge < -0.3 is 5.11 Å². The second-order valence-corrected chi connectivity index (χ2v) is 6.36. The van der Waals surface area contributed by atoms with E-state index in [4.69, 9.17) is 5.11 Å². The van der Waals surface area contributed by atoms with Crippen molar-refractivity contribution in [1.29, 1.82) is 0 Å². The zero-order valence-corrected chi connectivity index (χ0v) is 11.8. The Balaban J connectivity index is 3.13. The van der Waals surface area contributed by atoms with Crippen LogP contribution in [0.25, 0.3) is 0 Å². The van der Waals surface area contributed by atoms with Crippen LogP contribution in [0.1, 0.15) is 20.3 Å². The highest BCUT2D eigenvalue weighted by Crippen LogP contribution is 2.20. The van der Waals surface area contributed by atoms with Crippen molar-refractivity contribution in [2.45, 2.75) is 31.2 Å². The minimum Gasteiger partial charge on any atom is -0.396 e. The predicted molar refractivity (Wildman–Crippen MR) is 67.0 cm³/mol. The summed E-state index contributed by atoms with van der Waals surface area (Å²) in [5.74, 6) is -4.44. The summed E-state index contributed by atoms with van der Waals surface area (Å²) in [6.45, 7) is 3.17. The molecular weight excluding hydrogens is 295 g/mol. The minimum atomic E-state index is -4.34. The van der Waals surface area contributed by atoms with Gasteiger partial charge in [-0.3, -0.25) is 0 Å². The molecule has 8 heteroatoms. The summed E-state index contributed by atoms with van der Waals surface area (Å²) in [5.41, 5.74) is 0. The van der Waals surface area contributed by atoms with Crippen LogP contribution in [0.2, 0.25) is 0 Å². The predicted octanol–water partition coefficient (Wildman–Crippen LogP) is 1.79. The largest absolute Gasteiger partial charge is 0.396 e. The summed E-state index contributed by atoms with van der Waals surface area (Å²) < 4.78 is 65.5. The van der Waals surface area contributed by atoms with Gasteiger partial charge in [0, 0.05) is 18.7 Å². The van der Waals surface area contributed by atoms with Gasteiger partial charge in [0.2, 0.25) is 10.0 Å². The third-order valence-electron chi connectivity index (χ3n) is 2.82. The fourth-order valence-corrected chi connectivity index (χ4v) is 3.13. The van der Waals surface area contributed by atoms with Crippen molar-refractivity contribution in [2.75, 3.05) is 6.61 Å². The molecule has 0 radical (unpaired) electrons. The maximum atomic E-state index is 13.5. The average molecular weight is 311 g/mol. The molecule has 1 unspecified atom stereocenters. The van der Waals surface area contributed by atoms with E-state index in [2.05, 4.69) is 4.72 Å². The Kier molecular flexibility index (Phi) is 5.55. The summed E-state index contributed by atoms with van der Waals surface area (Å²) in [5, 5.41) is 8.87. The van der Waals surface area contributed by atoms with Crippen LogP contribution in [-0.4, -0.2) is 26.2 Å². The number of halogens is 3. The van der Waals surface area contributed by atoms with Crippen LogP contribution in [0.15, 0.2) is 17.0 Å². The van der Waals surface area contributed by atoms with Gasteiger partial charge in [0.05, 0.1) is 0 Å². The highest BCUT2D eigenvalue weighted by Gasteiger charge is 2.26. The highest BCUT2D eigenvalue weighted by molar-refractivity contribution is 7.89. The van der Waals surface area contributed by atoms with Crippen molar-refractivity contribution in [3.8, 4) is 0 Å². The number of sulfonamides is 1. The summed E-state index contributed by atoms with van der Waals surface area (Å²) in [4.78, 5) is -0.958. The molecule has 0 aromatic heterocycles. The zero-order valence-electron chi connectivity index (χ0n) is 11.0. The molecule has 0 bridgehead atoms. The second kappa shape index (κ2) is 6.55. The van der Waals surface area contributed by atoms with E-state index >= 15 is 0 Å². The average Bonchev–Trinajstić information content (AvgIpc) is 2.32. The summed E-state index contributed by atoms with van der Waals surface area (Å²) >= 11 is 0. The lowest BCUT2D eigenvalue weighted by Crippen LogP contribution is -2.39. The SMILES string of the molecule is CC(C)C(CCO)NS(=O)(=O)c1cc(F)c(F)cc1F. The molecule has 0 saturated heterocycles. The van der Waals surface area contributed by atoms with Gasteiger partial charge in [-0.15, -0.1) is 0 Å². The van der Waals surface area contributed by atoms with E-state index in [9.17, 15) is 21.6 Å². The van der Waals surface area contributed by atoms with Gasteiger partial charge in [-0.05, 0) is 18.4 Å². The van der Waals surface area contributed by atoms with Gasteiger partial charge in [-0.2, -0.15) is 0 Å². The molecule has 114 valence electrons. The van der Waals surface area contributed by atoms with E-state index in [-0.39, 0.29) is 25.0 Å². The standard InChI is InChI=1S/C12H16F3NO3S/c1-7(2)11(3-4-17)16-20(18,19)12-6-9(14)8(13)5-10(12)15/h5-7,11,16-17H,3-4H2,1-2H3. The smallest absolute Gasteiger partial charge is 0.243 e. The Bertz CT molecular complexity index is 576. The molecule has 0 heterocycles. The molecular formula is C12H16F3NO3S. The molecule has 0 spiro atoms. The highest BCUT2D eigenvalue weighted by atomic mass is 32.2. The number of rotatable bonds is 6. The molecule has 0 amide bonds. The summed E-state index contributed by atoms with van der Waals surface area (Å²) in [7, 11) is -4.34. The fraction of sp³-hybridized carbons (Fsp3) is 0.500. The molecule has 2 N–H and O–H groups in total. The molecule has 4 nitrogen and oxygen atoms in total. The number of benzene rings is 1. The van der Waals surface area contributed by atoms with Gasteiger partial charge in [-0.1, -0.05) is 13.8 Å². The van der Waals surface area contributed by atoms with Crippen LogP contribution in [-0.2, 0) is 10.0 Å². The van der Waals surface area contributed by atoms with E-state index < -0.39 is 38.4 Å². The third kappa shape index (κ3) is 3.94. The van der Waals surface area contributed by atoms with Crippen LogP contribution in [0, 0.1) is 23.4 Å². The van der Waals surface area contributed by atoms with Crippen molar-refractivity contribution in [3.05, 3.63) is 29.6 Å². The quantitative estimate of drug-likeness (QED) is 0.787. The first-order valence-electron chi connectivity index (χ1n) is 5.96. The monoisotopic (exact) mass is 311 g/mol. The van der Waals surface area contributed by atoms with E-state index in [0.717, 1.165) is 0 Å². The number of hydrogen-bond donors (Lipinski definition) is 2. The maximum absolute atomic E-state index is 13.5. The number of nitrogens with one attached hydrogen (secondary N) is 1. The molecule has 1 aromatic rings. The number of aliphatic hydroxyl groups is 1. The molecule has 0 aliphatic carbocycles. The molecule has 0 aliphatic rings. The lowest BCUT2D eigenvalue weighted by atomic mass is 10.0. The first kappa shape index (κ1) is 16.9. The van der Waals surface area contributed by atoms with Crippen LogP contribution in [0.3, 0.4) is 0 Å². The lowest BCUT2D eigenvalue weighted by Gasteiger charge is -2.21. The summed E-state index contributed by atoms with van der Waals surface area (Å²) in [6, 6.07) is -0.165. The Morgan fingerprint density at radius 3 is 2.20 bits per heavy atom. The third-order valence-corrected chi connectivity index (χ3v) is 4.32. The van der Waals surface area contributed by atoms with E-state index in [1.165, 1.54) is 0 Å². The van der Waals surface area contributed by atoms with E-state index in [1.54, 1.807) is 13.8 Å². The van der Waals surface area contributed by atoms with Crippen LogP contribution in [0.5, 0.6) is 0 Å². The Morgan fingerprint density at radius 1 is 1.15 bits per heavy atom. The Labute approximate surface area is 115 Å². The maximum Gasteiger partial charge on any atom is 0.243 e. The first-order chi connectivity index (χ1) is 9.19. The van der Waals surface area contributed by atoms with Crippen molar-refractivity contribution >= 4 is 10.0 Å². The summed E-state index contributed by atoms with van der Waals surface area (Å²) in [6.07, 6.45) is 0.127. The normalized spacial score (nSPS) is 13.8. The number of aliphatic hydroxyl groups excluding tert-OH is 1. The van der Waals surface area contributed by atoms with E-state index in [0.29, 0.717) is 6.07 Å². The van der Waals surface area contributed by atoms with Crippen LogP contribution < -0.4 is 4.72 Å². The van der Waals surface area contributed by atoms with E-state index in [1.807, 2.05) is 0 Å². The van der Waals surface area contributed by atoms with Crippen LogP contribution >= 0.6 is 0 Å². The molecule has 0 aliphatic heterocycles. The Hall–Kier alpha value is -1.12. The molecule has 1 atom stereocenters.